The Bertz CT molecular complexity index is 146. The van der Waals surface area contributed by atoms with E-state index in [1.54, 1.807) is 11.1 Å². The molecule has 0 spiro atoms. The van der Waals surface area contributed by atoms with Gasteiger partial charge in [-0.2, -0.15) is 0 Å². The van der Waals surface area contributed by atoms with E-state index in [2.05, 4.69) is 12.2 Å². The van der Waals surface area contributed by atoms with Gasteiger partial charge in [0.05, 0.1) is 0 Å². The Balaban J connectivity index is 2.09. The van der Waals surface area contributed by atoms with Crippen molar-refractivity contribution in [3.05, 3.63) is 11.1 Å². The summed E-state index contributed by atoms with van der Waals surface area (Å²) in [6.45, 7) is 4.69. The number of hydrogen-bond donors (Lipinski definition) is 1. The lowest BCUT2D eigenvalue weighted by molar-refractivity contribution is 0.592. The zero-order valence-corrected chi connectivity index (χ0v) is 5.20. The highest BCUT2D eigenvalue weighted by atomic mass is 14.9. The van der Waals surface area contributed by atoms with Crippen LogP contribution < -0.4 is 5.32 Å². The maximum absolute atomic E-state index is 3.36. The number of fused-ring (bicyclic) bond motifs is 1. The molecule has 0 aromatic carbocycles. The highest BCUT2D eigenvalue weighted by Gasteiger charge is 2.33. The lowest BCUT2D eigenvalue weighted by Crippen LogP contribution is -2.23. The van der Waals surface area contributed by atoms with Crippen LogP contribution in [0.1, 0.15) is 13.3 Å². The standard InChI is InChI=1S/C7H11N/c1-5-6-2-3-8-4-7(5)6/h7-8H,2-4H2,1H3. The molecule has 8 heavy (non-hydrogen) atoms. The molecule has 1 aliphatic heterocycles. The van der Waals surface area contributed by atoms with Gasteiger partial charge >= 0.3 is 0 Å². The second-order valence-corrected chi connectivity index (χ2v) is 2.71. The van der Waals surface area contributed by atoms with Crippen LogP contribution in [0.25, 0.3) is 0 Å². The van der Waals surface area contributed by atoms with Gasteiger partial charge in [-0.25, -0.2) is 0 Å². The minimum absolute atomic E-state index is 0.892. The van der Waals surface area contributed by atoms with E-state index in [9.17, 15) is 0 Å². The van der Waals surface area contributed by atoms with Crippen molar-refractivity contribution in [3.8, 4) is 0 Å². The second-order valence-electron chi connectivity index (χ2n) is 2.71. The zero-order chi connectivity index (χ0) is 5.56. The Morgan fingerprint density at radius 3 is 3.00 bits per heavy atom. The van der Waals surface area contributed by atoms with Gasteiger partial charge < -0.3 is 5.32 Å². The maximum atomic E-state index is 3.36. The highest BCUT2D eigenvalue weighted by Crippen LogP contribution is 2.41. The van der Waals surface area contributed by atoms with Crippen molar-refractivity contribution in [2.75, 3.05) is 13.1 Å². The van der Waals surface area contributed by atoms with Crippen molar-refractivity contribution in [2.24, 2.45) is 5.92 Å². The Labute approximate surface area is 49.8 Å². The molecule has 1 N–H and O–H groups in total. The van der Waals surface area contributed by atoms with Crippen molar-refractivity contribution in [3.63, 3.8) is 0 Å². The summed E-state index contributed by atoms with van der Waals surface area (Å²) in [6, 6.07) is 0. The van der Waals surface area contributed by atoms with Crippen LogP contribution in [0.3, 0.4) is 0 Å². The van der Waals surface area contributed by atoms with Gasteiger partial charge in [-0.15, -0.1) is 0 Å². The third-order valence-corrected chi connectivity index (χ3v) is 2.29. The molecule has 1 unspecified atom stereocenters. The first-order chi connectivity index (χ1) is 3.89. The maximum Gasteiger partial charge on any atom is 0.0135 e. The third kappa shape index (κ3) is 0.451. The molecule has 0 amide bonds. The van der Waals surface area contributed by atoms with Crippen molar-refractivity contribution in [1.82, 2.24) is 5.32 Å². The van der Waals surface area contributed by atoms with Crippen LogP contribution in [0.4, 0.5) is 0 Å². The third-order valence-electron chi connectivity index (χ3n) is 2.29. The molecule has 1 heterocycles. The molecule has 1 heteroatoms. The van der Waals surface area contributed by atoms with Crippen molar-refractivity contribution in [2.45, 2.75) is 13.3 Å². The number of nitrogens with one attached hydrogen (secondary N) is 1. The molecule has 44 valence electrons. The first-order valence-electron chi connectivity index (χ1n) is 3.30. The number of rotatable bonds is 0. The van der Waals surface area contributed by atoms with Crippen molar-refractivity contribution >= 4 is 0 Å². The van der Waals surface area contributed by atoms with E-state index < -0.39 is 0 Å². The summed E-state index contributed by atoms with van der Waals surface area (Å²) in [5, 5.41) is 3.36. The molecular weight excluding hydrogens is 98.1 g/mol. The quantitative estimate of drug-likeness (QED) is 0.456. The van der Waals surface area contributed by atoms with E-state index in [0.29, 0.717) is 0 Å². The normalized spacial score (nSPS) is 34.9. The van der Waals surface area contributed by atoms with Crippen LogP contribution in [0.15, 0.2) is 11.1 Å². The summed E-state index contributed by atoms with van der Waals surface area (Å²) in [4.78, 5) is 0. The molecule has 0 bridgehead atoms. The van der Waals surface area contributed by atoms with Crippen molar-refractivity contribution in [1.29, 1.82) is 0 Å². The van der Waals surface area contributed by atoms with Gasteiger partial charge in [0.25, 0.3) is 0 Å². The average molecular weight is 109 g/mol. The van der Waals surface area contributed by atoms with Gasteiger partial charge in [0.2, 0.25) is 0 Å². The molecular formula is C7H11N. The summed E-state index contributed by atoms with van der Waals surface area (Å²) in [5.74, 6) is 0.892. The molecule has 0 aromatic rings. The van der Waals surface area contributed by atoms with Crippen LogP contribution in [0, 0.1) is 5.92 Å². The first-order valence-corrected chi connectivity index (χ1v) is 3.30. The largest absolute Gasteiger partial charge is 0.315 e. The smallest absolute Gasteiger partial charge is 0.0135 e. The van der Waals surface area contributed by atoms with E-state index in [-0.39, 0.29) is 0 Å². The minimum Gasteiger partial charge on any atom is -0.315 e. The summed E-state index contributed by atoms with van der Waals surface area (Å²) in [7, 11) is 0. The van der Waals surface area contributed by atoms with Crippen LogP contribution in [-0.2, 0) is 0 Å². The molecule has 0 aromatic heterocycles. The number of hydrogen-bond acceptors (Lipinski definition) is 1. The fourth-order valence-electron chi connectivity index (χ4n) is 1.58. The monoisotopic (exact) mass is 109 g/mol. The van der Waals surface area contributed by atoms with Crippen LogP contribution >= 0.6 is 0 Å². The highest BCUT2D eigenvalue weighted by molar-refractivity contribution is 5.41. The molecule has 2 aliphatic rings. The van der Waals surface area contributed by atoms with Crippen LogP contribution in [-0.4, -0.2) is 13.1 Å². The van der Waals surface area contributed by atoms with Gasteiger partial charge in [-0.3, -0.25) is 0 Å². The summed E-state index contributed by atoms with van der Waals surface area (Å²) in [5.41, 5.74) is 3.40. The summed E-state index contributed by atoms with van der Waals surface area (Å²) < 4.78 is 0. The summed E-state index contributed by atoms with van der Waals surface area (Å²) >= 11 is 0. The van der Waals surface area contributed by atoms with E-state index in [4.69, 9.17) is 0 Å². The predicted molar refractivity (Wildman–Crippen MR) is 33.7 cm³/mol. The van der Waals surface area contributed by atoms with Crippen molar-refractivity contribution < 1.29 is 0 Å². The summed E-state index contributed by atoms with van der Waals surface area (Å²) in [6.07, 6.45) is 1.32. The molecule has 1 nitrogen and oxygen atoms in total. The Morgan fingerprint density at radius 2 is 2.50 bits per heavy atom. The molecule has 2 rings (SSSR count). The molecule has 0 radical (unpaired) electrons. The Hall–Kier alpha value is -0.300. The van der Waals surface area contributed by atoms with Gasteiger partial charge in [-0.1, -0.05) is 11.1 Å². The van der Waals surface area contributed by atoms with E-state index >= 15 is 0 Å². The fourth-order valence-corrected chi connectivity index (χ4v) is 1.58. The Kier molecular flexibility index (Phi) is 0.770. The first kappa shape index (κ1) is 4.57. The average Bonchev–Trinajstić information content (AvgIpc) is 2.46. The van der Waals surface area contributed by atoms with Crippen LogP contribution in [0.5, 0.6) is 0 Å². The topological polar surface area (TPSA) is 12.0 Å². The lowest BCUT2D eigenvalue weighted by Gasteiger charge is -2.08. The minimum atomic E-state index is 0.892. The Morgan fingerprint density at radius 1 is 1.62 bits per heavy atom. The lowest BCUT2D eigenvalue weighted by atomic mass is 10.2. The zero-order valence-electron chi connectivity index (χ0n) is 5.20. The van der Waals surface area contributed by atoms with Gasteiger partial charge in [0.1, 0.15) is 0 Å². The van der Waals surface area contributed by atoms with E-state index in [1.165, 1.54) is 19.5 Å². The van der Waals surface area contributed by atoms with Gasteiger partial charge in [0, 0.05) is 12.5 Å². The van der Waals surface area contributed by atoms with Gasteiger partial charge in [-0.05, 0) is 19.9 Å². The molecule has 1 atom stereocenters. The molecule has 1 aliphatic carbocycles. The van der Waals surface area contributed by atoms with E-state index in [1.807, 2.05) is 0 Å². The van der Waals surface area contributed by atoms with Gasteiger partial charge in [0.15, 0.2) is 0 Å². The predicted octanol–water partition coefficient (Wildman–Crippen LogP) is 0.926. The second kappa shape index (κ2) is 1.35. The molecule has 1 saturated heterocycles. The molecule has 1 fully saturated rings. The fraction of sp³-hybridized carbons (Fsp3) is 0.714. The number of piperidine rings is 1. The van der Waals surface area contributed by atoms with Crippen LogP contribution in [0.2, 0.25) is 0 Å². The molecule has 0 saturated carbocycles. The van der Waals surface area contributed by atoms with E-state index in [0.717, 1.165) is 5.92 Å². The SMILES string of the molecule is CC1=C2CCNCC12.